The summed E-state index contributed by atoms with van der Waals surface area (Å²) in [5.41, 5.74) is 1.70. The highest BCUT2D eigenvalue weighted by Crippen LogP contribution is 2.44. The van der Waals surface area contributed by atoms with Gasteiger partial charge in [-0.15, -0.1) is 0 Å². The number of ether oxygens (including phenoxy) is 1. The second-order valence-corrected chi connectivity index (χ2v) is 9.59. The number of rotatable bonds is 4. The summed E-state index contributed by atoms with van der Waals surface area (Å²) in [4.78, 5) is 26.7. The number of hydrogen-bond acceptors (Lipinski definition) is 4. The number of carbonyl (C=O) groups is 2. The standard InChI is InChI=1S/C21H21NO4S/c1-21(2)19(22-16(23)13-17(22)27(21)25)20(24)26-18(14-9-5-3-6-10-14)15-11-7-4-8-12-15/h3-12,17-19H,13H2,1-2H3/t17-,19?,27?/m0/s1. The third kappa shape index (κ3) is 2.88. The number of amides is 1. The second-order valence-electron chi connectivity index (χ2n) is 7.40. The first-order valence-electron chi connectivity index (χ1n) is 8.93. The lowest BCUT2D eigenvalue weighted by atomic mass is 9.97. The molecule has 0 N–H and O–H groups in total. The summed E-state index contributed by atoms with van der Waals surface area (Å²) in [5.74, 6) is -0.654. The minimum atomic E-state index is -1.29. The molecule has 2 heterocycles. The molecule has 2 fully saturated rings. The molecule has 0 aliphatic carbocycles. The molecule has 4 rings (SSSR count). The number of nitrogens with zero attached hydrogens (tertiary/aromatic N) is 1. The van der Waals surface area contributed by atoms with Crippen molar-refractivity contribution in [1.82, 2.24) is 4.90 Å². The lowest BCUT2D eigenvalue weighted by Gasteiger charge is -2.37. The molecule has 0 bridgehead atoms. The third-order valence-electron chi connectivity index (χ3n) is 5.31. The average Bonchev–Trinajstić information content (AvgIpc) is 2.84. The van der Waals surface area contributed by atoms with Crippen LogP contribution < -0.4 is 0 Å². The highest BCUT2D eigenvalue weighted by molar-refractivity contribution is 7.87. The predicted molar refractivity (Wildman–Crippen MR) is 102 cm³/mol. The highest BCUT2D eigenvalue weighted by Gasteiger charge is 2.63. The summed E-state index contributed by atoms with van der Waals surface area (Å²) < 4.78 is 17.8. The average molecular weight is 383 g/mol. The molecule has 2 unspecified atom stereocenters. The van der Waals surface area contributed by atoms with E-state index in [9.17, 15) is 13.8 Å². The molecular weight excluding hydrogens is 362 g/mol. The maximum Gasteiger partial charge on any atom is 0.331 e. The van der Waals surface area contributed by atoms with Gasteiger partial charge in [0, 0.05) is 0 Å². The monoisotopic (exact) mass is 383 g/mol. The number of fused-ring (bicyclic) bond motifs is 1. The van der Waals surface area contributed by atoms with Gasteiger partial charge in [-0.05, 0) is 25.0 Å². The molecule has 0 saturated carbocycles. The number of hydrogen-bond donors (Lipinski definition) is 0. The van der Waals surface area contributed by atoms with Gasteiger partial charge >= 0.3 is 5.97 Å². The Kier molecular flexibility index (Phi) is 4.38. The molecule has 6 heteroatoms. The minimum absolute atomic E-state index is 0.142. The van der Waals surface area contributed by atoms with E-state index in [1.165, 1.54) is 4.90 Å². The second kappa shape index (κ2) is 6.60. The number of benzene rings is 2. The normalized spacial score (nSPS) is 25.8. The molecule has 0 aromatic heterocycles. The summed E-state index contributed by atoms with van der Waals surface area (Å²) in [6, 6.07) is 18.2. The van der Waals surface area contributed by atoms with Gasteiger partial charge in [-0.1, -0.05) is 60.7 Å². The summed E-state index contributed by atoms with van der Waals surface area (Å²) in [7, 11) is -1.29. The molecule has 0 radical (unpaired) electrons. The smallest absolute Gasteiger partial charge is 0.331 e. The molecule has 3 atom stereocenters. The van der Waals surface area contributed by atoms with E-state index < -0.39 is 33.7 Å². The van der Waals surface area contributed by atoms with Crippen LogP contribution in [-0.2, 0) is 25.1 Å². The van der Waals surface area contributed by atoms with Gasteiger partial charge in [0.2, 0.25) is 5.91 Å². The van der Waals surface area contributed by atoms with Gasteiger partial charge in [0.25, 0.3) is 0 Å². The quantitative estimate of drug-likeness (QED) is 0.602. The van der Waals surface area contributed by atoms with Crippen LogP contribution in [0, 0.1) is 0 Å². The van der Waals surface area contributed by atoms with Crippen molar-refractivity contribution in [2.75, 3.05) is 0 Å². The van der Waals surface area contributed by atoms with Gasteiger partial charge in [-0.3, -0.25) is 9.00 Å². The van der Waals surface area contributed by atoms with Crippen LogP contribution in [0.1, 0.15) is 37.5 Å². The lowest BCUT2D eigenvalue weighted by molar-refractivity contribution is -0.164. The van der Waals surface area contributed by atoms with Gasteiger partial charge in [0.1, 0.15) is 11.4 Å². The maximum absolute atomic E-state index is 13.1. The molecule has 2 aliphatic heterocycles. The fourth-order valence-electron chi connectivity index (χ4n) is 3.85. The Hall–Kier alpha value is -2.47. The molecule has 2 aliphatic rings. The Bertz CT molecular complexity index is 857. The van der Waals surface area contributed by atoms with Crippen molar-refractivity contribution >= 4 is 22.7 Å². The van der Waals surface area contributed by atoms with Gasteiger partial charge in [0.05, 0.1) is 22.0 Å². The van der Waals surface area contributed by atoms with Crippen LogP contribution >= 0.6 is 0 Å². The van der Waals surface area contributed by atoms with Crippen LogP contribution in [0.2, 0.25) is 0 Å². The summed E-state index contributed by atoms with van der Waals surface area (Å²) in [6.45, 7) is 3.53. The topological polar surface area (TPSA) is 63.7 Å². The van der Waals surface area contributed by atoms with Gasteiger partial charge < -0.3 is 9.64 Å². The Labute approximate surface area is 160 Å². The van der Waals surface area contributed by atoms with Gasteiger partial charge in [-0.2, -0.15) is 0 Å². The predicted octanol–water partition coefficient (Wildman–Crippen LogP) is 2.79. The van der Waals surface area contributed by atoms with Crippen molar-refractivity contribution in [2.24, 2.45) is 0 Å². The van der Waals surface area contributed by atoms with Crippen molar-refractivity contribution in [3.63, 3.8) is 0 Å². The number of esters is 1. The van der Waals surface area contributed by atoms with Crippen LogP contribution in [0.3, 0.4) is 0 Å². The highest BCUT2D eigenvalue weighted by atomic mass is 32.2. The Balaban J connectivity index is 1.66. The minimum Gasteiger partial charge on any atom is -0.451 e. The van der Waals surface area contributed by atoms with Crippen LogP contribution in [0.25, 0.3) is 0 Å². The van der Waals surface area contributed by atoms with Gasteiger partial charge in [0.15, 0.2) is 6.10 Å². The van der Waals surface area contributed by atoms with Crippen molar-refractivity contribution in [2.45, 2.75) is 42.5 Å². The van der Waals surface area contributed by atoms with E-state index in [1.54, 1.807) is 13.8 Å². The van der Waals surface area contributed by atoms with Crippen LogP contribution in [-0.4, -0.2) is 37.1 Å². The molecule has 140 valence electrons. The zero-order valence-electron chi connectivity index (χ0n) is 15.2. The van der Waals surface area contributed by atoms with E-state index in [1.807, 2.05) is 60.7 Å². The van der Waals surface area contributed by atoms with E-state index in [2.05, 4.69) is 0 Å². The molecule has 2 aromatic rings. The zero-order chi connectivity index (χ0) is 19.2. The first-order chi connectivity index (χ1) is 12.9. The largest absolute Gasteiger partial charge is 0.451 e. The molecule has 0 spiro atoms. The van der Waals surface area contributed by atoms with Crippen molar-refractivity contribution in [3.05, 3.63) is 71.8 Å². The molecule has 2 aromatic carbocycles. The Morgan fingerprint density at radius 2 is 1.59 bits per heavy atom. The van der Waals surface area contributed by atoms with E-state index >= 15 is 0 Å². The van der Waals surface area contributed by atoms with E-state index in [0.717, 1.165) is 11.1 Å². The molecule has 27 heavy (non-hydrogen) atoms. The first kappa shape index (κ1) is 17.9. The van der Waals surface area contributed by atoms with E-state index in [4.69, 9.17) is 4.74 Å². The van der Waals surface area contributed by atoms with E-state index in [-0.39, 0.29) is 17.7 Å². The summed E-state index contributed by atoms with van der Waals surface area (Å²) in [6.07, 6.45) is -0.347. The summed E-state index contributed by atoms with van der Waals surface area (Å²) in [5, 5.41) is -0.378. The van der Waals surface area contributed by atoms with Crippen molar-refractivity contribution in [3.8, 4) is 0 Å². The number of carbonyl (C=O) groups excluding carboxylic acids is 2. The number of β-lactam (4-membered cyclic amide) rings is 1. The van der Waals surface area contributed by atoms with Crippen molar-refractivity contribution in [1.29, 1.82) is 0 Å². The summed E-state index contributed by atoms with van der Waals surface area (Å²) >= 11 is 0. The molecular formula is C21H21NO4S. The molecule has 5 nitrogen and oxygen atoms in total. The lowest BCUT2D eigenvalue weighted by Crippen LogP contribution is -2.57. The maximum atomic E-state index is 13.1. The Morgan fingerprint density at radius 1 is 1.07 bits per heavy atom. The SMILES string of the molecule is CC1(C)C(C(=O)OC(c2ccccc2)c2ccccc2)N2C(=O)C[C@@H]2S1=O. The van der Waals surface area contributed by atoms with Crippen LogP contribution in [0.5, 0.6) is 0 Å². The van der Waals surface area contributed by atoms with Gasteiger partial charge in [-0.25, -0.2) is 4.79 Å². The van der Waals surface area contributed by atoms with Crippen molar-refractivity contribution < 1.29 is 18.5 Å². The fourth-order valence-corrected chi connectivity index (χ4v) is 5.72. The zero-order valence-corrected chi connectivity index (χ0v) is 16.0. The fraction of sp³-hybridized carbons (Fsp3) is 0.333. The first-order valence-corrected chi connectivity index (χ1v) is 10.1. The van der Waals surface area contributed by atoms with Crippen LogP contribution in [0.4, 0.5) is 0 Å². The van der Waals surface area contributed by atoms with Crippen LogP contribution in [0.15, 0.2) is 60.7 Å². The molecule has 1 amide bonds. The van der Waals surface area contributed by atoms with E-state index in [0.29, 0.717) is 0 Å². The Morgan fingerprint density at radius 3 is 2.07 bits per heavy atom. The third-order valence-corrected chi connectivity index (χ3v) is 7.46. The molecule has 2 saturated heterocycles.